The maximum Gasteiger partial charge on any atom is 0.206 e. The molecule has 2 N–H and O–H groups in total. The van der Waals surface area contributed by atoms with Crippen LogP contribution in [0.1, 0.15) is 19.8 Å². The number of hydrogen-bond donors (Lipinski definition) is 1. The smallest absolute Gasteiger partial charge is 0.206 e. The predicted octanol–water partition coefficient (Wildman–Crippen LogP) is 1.89. The second-order valence-electron chi connectivity index (χ2n) is 5.29. The van der Waals surface area contributed by atoms with Gasteiger partial charge in [0.25, 0.3) is 0 Å². The van der Waals surface area contributed by atoms with Crippen LogP contribution < -0.4 is 10.6 Å². The fraction of sp³-hybridized carbons (Fsp3) is 0.500. The Morgan fingerprint density at radius 2 is 2.11 bits per heavy atom. The summed E-state index contributed by atoms with van der Waals surface area (Å²) in [5, 5.41) is 0. The van der Waals surface area contributed by atoms with Gasteiger partial charge in [-0.15, -0.1) is 0 Å². The van der Waals surface area contributed by atoms with E-state index in [9.17, 15) is 0 Å². The second kappa shape index (κ2) is 4.28. The van der Waals surface area contributed by atoms with Crippen LogP contribution in [0.2, 0.25) is 0 Å². The van der Waals surface area contributed by atoms with Crippen molar-refractivity contribution >= 4 is 17.0 Å². The van der Waals surface area contributed by atoms with Gasteiger partial charge in [-0.3, -0.25) is 0 Å². The first kappa shape index (κ1) is 11.5. The second-order valence-corrected chi connectivity index (χ2v) is 5.29. The minimum atomic E-state index is 0.339. The molecule has 1 aromatic heterocycles. The first-order valence-corrected chi connectivity index (χ1v) is 6.60. The number of para-hydroxylation sites is 2. The third kappa shape index (κ3) is 1.77. The van der Waals surface area contributed by atoms with Crippen LogP contribution in [0.5, 0.6) is 0 Å². The molecule has 1 aliphatic heterocycles. The van der Waals surface area contributed by atoms with Gasteiger partial charge in [0.2, 0.25) is 5.95 Å². The Bertz CT molecular complexity index is 560. The number of nitrogens with two attached hydrogens (primary N) is 1. The van der Waals surface area contributed by atoms with Crippen molar-refractivity contribution in [1.82, 2.24) is 9.55 Å². The fourth-order valence-electron chi connectivity index (χ4n) is 2.90. The molecule has 1 fully saturated rings. The average molecular weight is 244 g/mol. The van der Waals surface area contributed by atoms with Crippen molar-refractivity contribution < 1.29 is 0 Å². The summed E-state index contributed by atoms with van der Waals surface area (Å²) < 4.78 is 2.18. The number of aryl methyl sites for hydroxylation is 1. The third-order valence-electron chi connectivity index (χ3n) is 3.94. The molecule has 2 unspecified atom stereocenters. The number of hydrogen-bond acceptors (Lipinski definition) is 3. The molecule has 18 heavy (non-hydrogen) atoms. The highest BCUT2D eigenvalue weighted by atomic mass is 15.3. The van der Waals surface area contributed by atoms with E-state index in [2.05, 4.69) is 41.6 Å². The number of rotatable bonds is 1. The monoisotopic (exact) mass is 244 g/mol. The summed E-state index contributed by atoms with van der Waals surface area (Å²) in [4.78, 5) is 7.14. The summed E-state index contributed by atoms with van der Waals surface area (Å²) in [6.07, 6.45) is 2.09. The lowest BCUT2D eigenvalue weighted by molar-refractivity contribution is 0.422. The average Bonchev–Trinajstić information content (AvgIpc) is 2.68. The van der Waals surface area contributed by atoms with Gasteiger partial charge in [-0.2, -0.15) is 0 Å². The van der Waals surface area contributed by atoms with Gasteiger partial charge in [-0.1, -0.05) is 12.1 Å². The Labute approximate surface area is 107 Å². The van der Waals surface area contributed by atoms with Crippen LogP contribution in [0.25, 0.3) is 11.0 Å². The number of benzene rings is 1. The Kier molecular flexibility index (Phi) is 2.74. The van der Waals surface area contributed by atoms with Crippen LogP contribution in [0, 0.1) is 0 Å². The summed E-state index contributed by atoms with van der Waals surface area (Å²) in [7, 11) is 2.09. The van der Waals surface area contributed by atoms with Gasteiger partial charge >= 0.3 is 0 Å². The predicted molar refractivity (Wildman–Crippen MR) is 74.7 cm³/mol. The summed E-state index contributed by atoms with van der Waals surface area (Å²) in [5.74, 6) is 1.07. The molecular weight excluding hydrogens is 224 g/mol. The summed E-state index contributed by atoms with van der Waals surface area (Å²) in [5.41, 5.74) is 8.28. The van der Waals surface area contributed by atoms with Crippen LogP contribution in [-0.2, 0) is 7.05 Å². The molecule has 4 nitrogen and oxygen atoms in total. The highest BCUT2D eigenvalue weighted by Crippen LogP contribution is 2.26. The van der Waals surface area contributed by atoms with E-state index in [-0.39, 0.29) is 0 Å². The molecule has 1 saturated heterocycles. The molecule has 96 valence electrons. The van der Waals surface area contributed by atoms with E-state index >= 15 is 0 Å². The van der Waals surface area contributed by atoms with E-state index in [1.807, 2.05) is 6.07 Å². The zero-order chi connectivity index (χ0) is 12.7. The molecule has 2 heterocycles. The number of nitrogens with zero attached hydrogens (tertiary/aromatic N) is 3. The molecular formula is C14H20N4. The van der Waals surface area contributed by atoms with Crippen LogP contribution in [0.4, 0.5) is 5.95 Å². The lowest BCUT2D eigenvalue weighted by Gasteiger charge is -2.37. The minimum Gasteiger partial charge on any atom is -0.339 e. The largest absolute Gasteiger partial charge is 0.339 e. The van der Waals surface area contributed by atoms with Crippen molar-refractivity contribution in [2.24, 2.45) is 12.8 Å². The van der Waals surface area contributed by atoms with Gasteiger partial charge < -0.3 is 15.2 Å². The molecule has 0 aliphatic carbocycles. The quantitative estimate of drug-likeness (QED) is 0.833. The van der Waals surface area contributed by atoms with Gasteiger partial charge in [-0.05, 0) is 31.9 Å². The van der Waals surface area contributed by atoms with E-state index in [1.54, 1.807) is 0 Å². The van der Waals surface area contributed by atoms with E-state index in [1.165, 1.54) is 5.52 Å². The molecule has 2 atom stereocenters. The van der Waals surface area contributed by atoms with E-state index in [0.717, 1.165) is 30.9 Å². The molecule has 2 aromatic rings. The van der Waals surface area contributed by atoms with E-state index in [0.29, 0.717) is 12.1 Å². The van der Waals surface area contributed by atoms with E-state index < -0.39 is 0 Å². The van der Waals surface area contributed by atoms with Gasteiger partial charge in [0.05, 0.1) is 11.0 Å². The normalized spacial score (nSPS) is 24.7. The van der Waals surface area contributed by atoms with Crippen molar-refractivity contribution in [2.75, 3.05) is 11.4 Å². The number of aromatic nitrogens is 2. The SMILES string of the molecule is CC1CC(N)CCN1c1nc2ccccc2n1C. The first-order chi connectivity index (χ1) is 8.66. The highest BCUT2D eigenvalue weighted by Gasteiger charge is 2.26. The van der Waals surface area contributed by atoms with Crippen LogP contribution in [0.3, 0.4) is 0 Å². The lowest BCUT2D eigenvalue weighted by atomic mass is 10.00. The number of anilines is 1. The Morgan fingerprint density at radius 1 is 1.33 bits per heavy atom. The van der Waals surface area contributed by atoms with Crippen LogP contribution in [-0.4, -0.2) is 28.2 Å². The summed E-state index contributed by atoms with van der Waals surface area (Å²) in [6, 6.07) is 9.08. The van der Waals surface area contributed by atoms with Gasteiger partial charge in [0.15, 0.2) is 0 Å². The van der Waals surface area contributed by atoms with Gasteiger partial charge in [-0.25, -0.2) is 4.98 Å². The molecule has 0 spiro atoms. The Balaban J connectivity index is 2.01. The summed E-state index contributed by atoms with van der Waals surface area (Å²) in [6.45, 7) is 3.23. The number of fused-ring (bicyclic) bond motifs is 1. The summed E-state index contributed by atoms with van der Waals surface area (Å²) >= 11 is 0. The van der Waals surface area contributed by atoms with Crippen LogP contribution >= 0.6 is 0 Å². The van der Waals surface area contributed by atoms with Gasteiger partial charge in [0.1, 0.15) is 0 Å². The molecule has 3 rings (SSSR count). The molecule has 0 amide bonds. The maximum atomic E-state index is 6.02. The number of imidazole rings is 1. The lowest BCUT2D eigenvalue weighted by Crippen LogP contribution is -2.46. The minimum absolute atomic E-state index is 0.339. The van der Waals surface area contributed by atoms with Crippen LogP contribution in [0.15, 0.2) is 24.3 Å². The van der Waals surface area contributed by atoms with E-state index in [4.69, 9.17) is 10.7 Å². The molecule has 0 radical (unpaired) electrons. The van der Waals surface area contributed by atoms with Crippen molar-refractivity contribution in [3.8, 4) is 0 Å². The van der Waals surface area contributed by atoms with Crippen molar-refractivity contribution in [1.29, 1.82) is 0 Å². The zero-order valence-electron chi connectivity index (χ0n) is 11.0. The van der Waals surface area contributed by atoms with Crippen molar-refractivity contribution in [3.63, 3.8) is 0 Å². The van der Waals surface area contributed by atoms with Crippen molar-refractivity contribution in [2.45, 2.75) is 31.8 Å². The Hall–Kier alpha value is -1.55. The maximum absolute atomic E-state index is 6.02. The van der Waals surface area contributed by atoms with Crippen molar-refractivity contribution in [3.05, 3.63) is 24.3 Å². The Morgan fingerprint density at radius 3 is 2.83 bits per heavy atom. The fourth-order valence-corrected chi connectivity index (χ4v) is 2.90. The molecule has 4 heteroatoms. The highest BCUT2D eigenvalue weighted by molar-refractivity contribution is 5.78. The zero-order valence-corrected chi connectivity index (χ0v) is 11.0. The molecule has 1 aromatic carbocycles. The molecule has 0 bridgehead atoms. The molecule has 0 saturated carbocycles. The first-order valence-electron chi connectivity index (χ1n) is 6.60. The van der Waals surface area contributed by atoms with Gasteiger partial charge in [0, 0.05) is 25.7 Å². The standard InChI is InChI=1S/C14H20N4/c1-10-9-11(15)7-8-18(10)14-16-12-5-3-4-6-13(12)17(14)2/h3-6,10-11H,7-9,15H2,1-2H3. The third-order valence-corrected chi connectivity index (χ3v) is 3.94. The number of piperidine rings is 1. The molecule has 1 aliphatic rings. The topological polar surface area (TPSA) is 47.1 Å².